The van der Waals surface area contributed by atoms with Crippen LogP contribution in [0.4, 0.5) is 5.69 Å². The number of ketones is 1. The first-order valence-electron chi connectivity index (χ1n) is 10.5. The van der Waals surface area contributed by atoms with Crippen LogP contribution in [0.1, 0.15) is 40.7 Å². The highest BCUT2D eigenvalue weighted by molar-refractivity contribution is 7.89. The van der Waals surface area contributed by atoms with E-state index in [9.17, 15) is 18.0 Å². The van der Waals surface area contributed by atoms with Gasteiger partial charge in [0.1, 0.15) is 0 Å². The number of hydrogen-bond acceptors (Lipinski definition) is 4. The Morgan fingerprint density at radius 3 is 2.22 bits per heavy atom. The fourth-order valence-corrected chi connectivity index (χ4v) is 4.60. The van der Waals surface area contributed by atoms with Gasteiger partial charge in [0.2, 0.25) is 15.9 Å². The van der Waals surface area contributed by atoms with Crippen molar-refractivity contribution < 1.29 is 18.0 Å². The molecule has 0 unspecified atom stereocenters. The van der Waals surface area contributed by atoms with Crippen LogP contribution >= 0.6 is 0 Å². The van der Waals surface area contributed by atoms with Crippen molar-refractivity contribution in [1.29, 1.82) is 0 Å². The number of rotatable bonds is 9. The molecule has 0 aliphatic heterocycles. The second-order valence-corrected chi connectivity index (χ2v) is 9.58. The van der Waals surface area contributed by atoms with Crippen molar-refractivity contribution in [3.05, 3.63) is 95.6 Å². The molecule has 0 aromatic heterocycles. The van der Waals surface area contributed by atoms with Gasteiger partial charge in [-0.25, -0.2) is 13.1 Å². The van der Waals surface area contributed by atoms with Gasteiger partial charge in [-0.15, -0.1) is 0 Å². The summed E-state index contributed by atoms with van der Waals surface area (Å²) in [6.45, 7) is 0. The van der Waals surface area contributed by atoms with Crippen LogP contribution in [0.15, 0.2) is 83.8 Å². The predicted molar refractivity (Wildman–Crippen MR) is 123 cm³/mol. The highest BCUT2D eigenvalue weighted by Gasteiger charge is 2.27. The van der Waals surface area contributed by atoms with Gasteiger partial charge in [-0.05, 0) is 49.1 Å². The SMILES string of the molecule is O=C(CCc1ccc(S(=O)(=O)NC2CC2)cc1)Nc1cccc(C(=O)c2ccccc2)c1. The molecule has 0 atom stereocenters. The first kappa shape index (κ1) is 21.9. The Bertz CT molecular complexity index is 1220. The number of sulfonamides is 1. The van der Waals surface area contributed by atoms with E-state index in [0.717, 1.165) is 18.4 Å². The first-order valence-corrected chi connectivity index (χ1v) is 12.0. The number of nitrogens with one attached hydrogen (secondary N) is 2. The molecule has 6 nitrogen and oxygen atoms in total. The number of aryl methyl sites for hydroxylation is 1. The van der Waals surface area contributed by atoms with Gasteiger partial charge >= 0.3 is 0 Å². The van der Waals surface area contributed by atoms with Crippen LogP contribution in [0.25, 0.3) is 0 Å². The maximum absolute atomic E-state index is 12.6. The van der Waals surface area contributed by atoms with Gasteiger partial charge in [0.15, 0.2) is 5.78 Å². The maximum Gasteiger partial charge on any atom is 0.240 e. The van der Waals surface area contributed by atoms with E-state index in [4.69, 9.17) is 0 Å². The summed E-state index contributed by atoms with van der Waals surface area (Å²) in [4.78, 5) is 25.2. The maximum atomic E-state index is 12.6. The minimum atomic E-state index is -3.47. The fourth-order valence-electron chi connectivity index (χ4n) is 3.30. The number of anilines is 1. The molecule has 1 aliphatic carbocycles. The molecule has 3 aromatic carbocycles. The molecule has 1 fully saturated rings. The van der Waals surface area contributed by atoms with E-state index in [1.54, 1.807) is 60.7 Å². The second kappa shape index (κ2) is 9.46. The van der Waals surface area contributed by atoms with Crippen LogP contribution in [-0.4, -0.2) is 26.2 Å². The van der Waals surface area contributed by atoms with E-state index >= 15 is 0 Å². The summed E-state index contributed by atoms with van der Waals surface area (Å²) in [7, 11) is -3.47. The minimum absolute atomic E-state index is 0.0601. The topological polar surface area (TPSA) is 92.3 Å². The Kier molecular flexibility index (Phi) is 6.48. The highest BCUT2D eigenvalue weighted by Crippen LogP contribution is 2.22. The molecular formula is C25H24N2O4S. The van der Waals surface area contributed by atoms with Crippen molar-refractivity contribution in [2.75, 3.05) is 5.32 Å². The third-order valence-electron chi connectivity index (χ3n) is 5.22. The average Bonchev–Trinajstić information content (AvgIpc) is 3.61. The molecule has 0 saturated heterocycles. The third kappa shape index (κ3) is 5.69. The Labute approximate surface area is 187 Å². The summed E-state index contributed by atoms with van der Waals surface area (Å²) in [5.74, 6) is -0.283. The molecule has 0 radical (unpaired) electrons. The quantitative estimate of drug-likeness (QED) is 0.485. The van der Waals surface area contributed by atoms with Crippen LogP contribution in [-0.2, 0) is 21.2 Å². The van der Waals surface area contributed by atoms with E-state index in [-0.39, 0.29) is 29.0 Å². The van der Waals surface area contributed by atoms with E-state index < -0.39 is 10.0 Å². The Hall–Kier alpha value is -3.29. The Morgan fingerprint density at radius 1 is 0.844 bits per heavy atom. The number of amides is 1. The number of carbonyl (C=O) groups excluding carboxylic acids is 2. The van der Waals surface area contributed by atoms with Crippen LogP contribution in [0.3, 0.4) is 0 Å². The van der Waals surface area contributed by atoms with Crippen molar-refractivity contribution in [2.45, 2.75) is 36.6 Å². The molecule has 32 heavy (non-hydrogen) atoms. The van der Waals surface area contributed by atoms with Crippen molar-refractivity contribution in [3.8, 4) is 0 Å². The molecule has 1 saturated carbocycles. The number of hydrogen-bond donors (Lipinski definition) is 2. The van der Waals surface area contributed by atoms with Crippen molar-refractivity contribution in [1.82, 2.24) is 4.72 Å². The van der Waals surface area contributed by atoms with E-state index in [1.807, 2.05) is 18.2 Å². The molecule has 164 valence electrons. The zero-order valence-electron chi connectivity index (χ0n) is 17.5. The summed E-state index contributed by atoms with van der Waals surface area (Å²) < 4.78 is 27.1. The molecular weight excluding hydrogens is 424 g/mol. The van der Waals surface area contributed by atoms with Crippen LogP contribution in [0, 0.1) is 0 Å². The summed E-state index contributed by atoms with van der Waals surface area (Å²) in [6.07, 6.45) is 2.49. The average molecular weight is 449 g/mol. The van der Waals surface area contributed by atoms with Gasteiger partial charge in [0, 0.05) is 29.3 Å². The Morgan fingerprint density at radius 2 is 1.53 bits per heavy atom. The minimum Gasteiger partial charge on any atom is -0.326 e. The molecule has 3 aromatic rings. The first-order chi connectivity index (χ1) is 15.4. The molecule has 1 amide bonds. The van der Waals surface area contributed by atoms with Gasteiger partial charge in [-0.2, -0.15) is 0 Å². The number of carbonyl (C=O) groups is 2. The molecule has 0 spiro atoms. The fraction of sp³-hybridized carbons (Fsp3) is 0.200. The molecule has 2 N–H and O–H groups in total. The Balaban J connectivity index is 1.33. The lowest BCUT2D eigenvalue weighted by Gasteiger charge is -2.09. The largest absolute Gasteiger partial charge is 0.326 e. The zero-order chi connectivity index (χ0) is 22.6. The molecule has 0 bridgehead atoms. The van der Waals surface area contributed by atoms with Gasteiger partial charge in [0.05, 0.1) is 4.90 Å². The van der Waals surface area contributed by atoms with Gasteiger partial charge < -0.3 is 5.32 Å². The van der Waals surface area contributed by atoms with Crippen molar-refractivity contribution >= 4 is 27.4 Å². The number of benzene rings is 3. The zero-order valence-corrected chi connectivity index (χ0v) is 18.3. The van der Waals surface area contributed by atoms with Crippen LogP contribution in [0.2, 0.25) is 0 Å². The lowest BCUT2D eigenvalue weighted by Crippen LogP contribution is -2.25. The standard InChI is InChI=1S/C25H24N2O4S/c28-24(16-11-18-9-14-23(15-10-18)32(30,31)27-21-12-13-21)26-22-8-4-7-20(17-22)25(29)19-5-2-1-3-6-19/h1-10,14-15,17,21,27H,11-13,16H2,(H,26,28). The summed E-state index contributed by atoms with van der Waals surface area (Å²) >= 11 is 0. The normalized spacial score (nSPS) is 13.5. The summed E-state index contributed by atoms with van der Waals surface area (Å²) in [5.41, 5.74) is 2.53. The van der Waals surface area contributed by atoms with E-state index in [0.29, 0.717) is 23.2 Å². The van der Waals surface area contributed by atoms with Gasteiger partial charge in [0.25, 0.3) is 0 Å². The molecule has 4 rings (SSSR count). The second-order valence-electron chi connectivity index (χ2n) is 7.86. The molecule has 0 heterocycles. The summed E-state index contributed by atoms with van der Waals surface area (Å²) in [5, 5.41) is 2.83. The van der Waals surface area contributed by atoms with Crippen LogP contribution < -0.4 is 10.0 Å². The van der Waals surface area contributed by atoms with Gasteiger partial charge in [-0.3, -0.25) is 9.59 Å². The monoisotopic (exact) mass is 448 g/mol. The smallest absolute Gasteiger partial charge is 0.240 e. The highest BCUT2D eigenvalue weighted by atomic mass is 32.2. The van der Waals surface area contributed by atoms with Crippen molar-refractivity contribution in [2.24, 2.45) is 0 Å². The third-order valence-corrected chi connectivity index (χ3v) is 6.75. The molecule has 1 aliphatic rings. The van der Waals surface area contributed by atoms with E-state index in [1.165, 1.54) is 0 Å². The van der Waals surface area contributed by atoms with Crippen LogP contribution in [0.5, 0.6) is 0 Å². The predicted octanol–water partition coefficient (Wildman–Crippen LogP) is 3.93. The molecule has 7 heteroatoms. The van der Waals surface area contributed by atoms with Crippen molar-refractivity contribution in [3.63, 3.8) is 0 Å². The lowest BCUT2D eigenvalue weighted by atomic mass is 10.0. The van der Waals surface area contributed by atoms with E-state index in [2.05, 4.69) is 10.0 Å². The summed E-state index contributed by atoms with van der Waals surface area (Å²) in [6, 6.07) is 22.5. The lowest BCUT2D eigenvalue weighted by molar-refractivity contribution is -0.116. The van der Waals surface area contributed by atoms with Gasteiger partial charge in [-0.1, -0.05) is 54.6 Å².